The highest BCUT2D eigenvalue weighted by Gasteiger charge is 2.53. The number of carbonyl (C=O) groups is 2. The second-order valence-electron chi connectivity index (χ2n) is 9.09. The summed E-state index contributed by atoms with van der Waals surface area (Å²) < 4.78 is 0. The predicted molar refractivity (Wildman–Crippen MR) is 118 cm³/mol. The van der Waals surface area contributed by atoms with E-state index in [0.717, 1.165) is 29.8 Å². The van der Waals surface area contributed by atoms with Gasteiger partial charge < -0.3 is 10.6 Å². The number of fused-ring (bicyclic) bond motifs is 1. The summed E-state index contributed by atoms with van der Waals surface area (Å²) in [5, 5.41) is 6.28. The highest BCUT2D eigenvalue weighted by Crippen LogP contribution is 2.36. The molecular weight excluding hydrogens is 390 g/mol. The van der Waals surface area contributed by atoms with Gasteiger partial charge in [-0.3, -0.25) is 14.5 Å². The lowest BCUT2D eigenvalue weighted by atomic mass is 9.77. The SMILES string of the molecule is CCCc1ncc(CN2C[C@@H](C(=O)NC(C)C)[C@@]3(Cc4ccccc4C(=O)N3)C2)cn1. The molecule has 2 amide bonds. The fraction of sp³-hybridized carbons (Fsp3) is 0.500. The molecule has 31 heavy (non-hydrogen) atoms. The van der Waals surface area contributed by atoms with E-state index in [-0.39, 0.29) is 23.8 Å². The first kappa shape index (κ1) is 21.4. The average Bonchev–Trinajstić information content (AvgIpc) is 3.06. The Morgan fingerprint density at radius 1 is 1.29 bits per heavy atom. The molecule has 1 aromatic carbocycles. The second-order valence-corrected chi connectivity index (χ2v) is 9.09. The van der Waals surface area contributed by atoms with E-state index < -0.39 is 5.54 Å². The molecule has 2 aliphatic heterocycles. The van der Waals surface area contributed by atoms with Crippen molar-refractivity contribution in [2.75, 3.05) is 13.1 Å². The molecule has 3 heterocycles. The minimum atomic E-state index is -0.618. The standard InChI is InChI=1S/C24H31N5O2/c1-4-7-21-25-11-17(12-26-21)13-29-14-20(23(31)27-16(2)3)24(15-29)10-18-8-5-6-9-19(18)22(30)28-24/h5-6,8-9,11-12,16,20H,4,7,10,13-15H2,1-3H3,(H,27,31)(H,28,30)/t20-,24+/m0/s1. The smallest absolute Gasteiger partial charge is 0.252 e. The summed E-state index contributed by atoms with van der Waals surface area (Å²) in [6.45, 7) is 7.87. The van der Waals surface area contributed by atoms with Crippen LogP contribution in [-0.4, -0.2) is 51.4 Å². The molecule has 2 N–H and O–H groups in total. The number of aromatic nitrogens is 2. The van der Waals surface area contributed by atoms with Crippen molar-refractivity contribution in [1.29, 1.82) is 0 Å². The van der Waals surface area contributed by atoms with Gasteiger partial charge in [0.1, 0.15) is 5.82 Å². The largest absolute Gasteiger partial charge is 0.354 e. The topological polar surface area (TPSA) is 87.2 Å². The molecule has 0 saturated carbocycles. The van der Waals surface area contributed by atoms with Crippen LogP contribution >= 0.6 is 0 Å². The van der Waals surface area contributed by atoms with Crippen LogP contribution in [-0.2, 0) is 24.2 Å². The number of nitrogens with one attached hydrogen (secondary N) is 2. The fourth-order valence-electron chi connectivity index (χ4n) is 4.80. The Balaban J connectivity index is 1.58. The predicted octanol–water partition coefficient (Wildman–Crippen LogP) is 2.11. The van der Waals surface area contributed by atoms with Gasteiger partial charge in [-0.2, -0.15) is 0 Å². The lowest BCUT2D eigenvalue weighted by Gasteiger charge is -2.39. The third-order valence-electron chi connectivity index (χ3n) is 6.13. The van der Waals surface area contributed by atoms with Gasteiger partial charge in [0.15, 0.2) is 0 Å². The summed E-state index contributed by atoms with van der Waals surface area (Å²) in [7, 11) is 0. The van der Waals surface area contributed by atoms with Gasteiger partial charge in [0.25, 0.3) is 5.91 Å². The van der Waals surface area contributed by atoms with Gasteiger partial charge in [0.05, 0.1) is 11.5 Å². The van der Waals surface area contributed by atoms with Crippen molar-refractivity contribution >= 4 is 11.8 Å². The van der Waals surface area contributed by atoms with Crippen molar-refractivity contribution in [2.24, 2.45) is 5.92 Å². The summed E-state index contributed by atoms with van der Waals surface area (Å²) in [5.74, 6) is 0.423. The lowest BCUT2D eigenvalue weighted by molar-refractivity contribution is -0.126. The van der Waals surface area contributed by atoms with E-state index >= 15 is 0 Å². The van der Waals surface area contributed by atoms with Crippen LogP contribution in [0.15, 0.2) is 36.7 Å². The highest BCUT2D eigenvalue weighted by molar-refractivity contribution is 5.98. The lowest BCUT2D eigenvalue weighted by Crippen LogP contribution is -2.62. The quantitative estimate of drug-likeness (QED) is 0.746. The first-order valence-corrected chi connectivity index (χ1v) is 11.1. The zero-order valence-corrected chi connectivity index (χ0v) is 18.5. The van der Waals surface area contributed by atoms with Gasteiger partial charge in [-0.1, -0.05) is 25.1 Å². The molecule has 0 unspecified atom stereocenters. The van der Waals surface area contributed by atoms with Gasteiger partial charge >= 0.3 is 0 Å². The molecule has 1 fully saturated rings. The monoisotopic (exact) mass is 421 g/mol. The number of hydrogen-bond acceptors (Lipinski definition) is 5. The molecule has 0 radical (unpaired) electrons. The Morgan fingerprint density at radius 3 is 2.74 bits per heavy atom. The minimum Gasteiger partial charge on any atom is -0.354 e. The van der Waals surface area contributed by atoms with Gasteiger partial charge in [0.2, 0.25) is 5.91 Å². The Morgan fingerprint density at radius 2 is 2.03 bits per heavy atom. The number of aryl methyl sites for hydroxylation is 1. The van der Waals surface area contributed by atoms with Crippen molar-refractivity contribution in [3.8, 4) is 0 Å². The maximum absolute atomic E-state index is 13.1. The van der Waals surface area contributed by atoms with Crippen LogP contribution in [0.25, 0.3) is 0 Å². The number of rotatable bonds is 6. The van der Waals surface area contributed by atoms with E-state index in [0.29, 0.717) is 31.6 Å². The fourth-order valence-corrected chi connectivity index (χ4v) is 4.80. The molecule has 7 heteroatoms. The third kappa shape index (κ3) is 4.46. The normalized spacial score (nSPS) is 23.1. The molecule has 0 bridgehead atoms. The summed E-state index contributed by atoms with van der Waals surface area (Å²) in [4.78, 5) is 37.2. The molecule has 164 valence electrons. The molecule has 4 rings (SSSR count). The van der Waals surface area contributed by atoms with Gasteiger partial charge in [-0.25, -0.2) is 9.97 Å². The van der Waals surface area contributed by atoms with E-state index in [2.05, 4.69) is 32.4 Å². The number of hydrogen-bond donors (Lipinski definition) is 2. The number of benzene rings is 1. The second kappa shape index (κ2) is 8.75. The summed E-state index contributed by atoms with van der Waals surface area (Å²) in [6, 6.07) is 7.72. The molecule has 2 aromatic rings. The molecule has 2 aliphatic rings. The Hall–Kier alpha value is -2.80. The highest BCUT2D eigenvalue weighted by atomic mass is 16.2. The van der Waals surface area contributed by atoms with Crippen molar-refractivity contribution in [1.82, 2.24) is 25.5 Å². The van der Waals surface area contributed by atoms with Gasteiger partial charge in [-0.05, 0) is 38.3 Å². The van der Waals surface area contributed by atoms with Crippen LogP contribution < -0.4 is 10.6 Å². The van der Waals surface area contributed by atoms with Crippen LogP contribution in [0.5, 0.6) is 0 Å². The first-order chi connectivity index (χ1) is 14.9. The Labute approximate surface area is 183 Å². The van der Waals surface area contributed by atoms with Crippen LogP contribution in [0, 0.1) is 5.92 Å². The molecule has 1 saturated heterocycles. The van der Waals surface area contributed by atoms with E-state index in [1.165, 1.54) is 0 Å². The van der Waals surface area contributed by atoms with Crippen LogP contribution in [0.1, 0.15) is 54.5 Å². The van der Waals surface area contributed by atoms with E-state index in [9.17, 15) is 9.59 Å². The van der Waals surface area contributed by atoms with Gasteiger partial charge in [0, 0.05) is 55.6 Å². The number of likely N-dealkylation sites (tertiary alicyclic amines) is 1. The van der Waals surface area contributed by atoms with Crippen molar-refractivity contribution in [3.05, 3.63) is 59.2 Å². The van der Waals surface area contributed by atoms with Crippen LogP contribution in [0.2, 0.25) is 0 Å². The Bertz CT molecular complexity index is 959. The molecule has 1 spiro atoms. The summed E-state index contributed by atoms with van der Waals surface area (Å²) in [5.41, 5.74) is 2.10. The number of amides is 2. The third-order valence-corrected chi connectivity index (χ3v) is 6.13. The average molecular weight is 422 g/mol. The van der Waals surface area contributed by atoms with E-state index in [1.807, 2.05) is 50.5 Å². The molecular formula is C24H31N5O2. The van der Waals surface area contributed by atoms with Crippen molar-refractivity contribution < 1.29 is 9.59 Å². The van der Waals surface area contributed by atoms with E-state index in [1.54, 1.807) is 0 Å². The van der Waals surface area contributed by atoms with Gasteiger partial charge in [-0.15, -0.1) is 0 Å². The Kier molecular flexibility index (Phi) is 6.05. The summed E-state index contributed by atoms with van der Waals surface area (Å²) >= 11 is 0. The van der Waals surface area contributed by atoms with Crippen molar-refractivity contribution in [2.45, 2.75) is 58.2 Å². The maximum atomic E-state index is 13.1. The zero-order chi connectivity index (χ0) is 22.0. The van der Waals surface area contributed by atoms with E-state index in [4.69, 9.17) is 0 Å². The number of nitrogens with zero attached hydrogens (tertiary/aromatic N) is 3. The molecule has 0 aliphatic carbocycles. The minimum absolute atomic E-state index is 0.00766. The first-order valence-electron chi connectivity index (χ1n) is 11.1. The number of carbonyl (C=O) groups excluding carboxylic acids is 2. The van der Waals surface area contributed by atoms with Crippen LogP contribution in [0.3, 0.4) is 0 Å². The zero-order valence-electron chi connectivity index (χ0n) is 18.5. The molecule has 7 nitrogen and oxygen atoms in total. The van der Waals surface area contributed by atoms with Crippen LogP contribution in [0.4, 0.5) is 0 Å². The molecule has 2 atom stereocenters. The van der Waals surface area contributed by atoms with Crippen molar-refractivity contribution in [3.63, 3.8) is 0 Å². The summed E-state index contributed by atoms with van der Waals surface area (Å²) in [6.07, 6.45) is 6.28. The molecule has 1 aromatic heterocycles. The maximum Gasteiger partial charge on any atom is 0.252 e.